The van der Waals surface area contributed by atoms with E-state index in [1.807, 2.05) is 0 Å². The molecule has 4 atom stereocenters. The van der Waals surface area contributed by atoms with E-state index >= 15 is 0 Å². The van der Waals surface area contributed by atoms with Crippen LogP contribution < -0.4 is 14.8 Å². The van der Waals surface area contributed by atoms with Crippen molar-refractivity contribution in [2.75, 3.05) is 6.54 Å². The van der Waals surface area contributed by atoms with Crippen molar-refractivity contribution in [1.82, 2.24) is 5.32 Å². The Hall–Kier alpha value is -2.67. The van der Waals surface area contributed by atoms with Gasteiger partial charge in [0.25, 0.3) is 0 Å². The highest BCUT2D eigenvalue weighted by Crippen LogP contribution is 2.44. The first kappa shape index (κ1) is 28.9. The van der Waals surface area contributed by atoms with Crippen LogP contribution in [0.15, 0.2) is 48.5 Å². The molecule has 0 spiro atoms. The fraction of sp³-hybridized carbons (Fsp3) is 0.500. The van der Waals surface area contributed by atoms with Crippen molar-refractivity contribution >= 4 is 0 Å². The highest BCUT2D eigenvalue weighted by Gasteiger charge is 2.44. The van der Waals surface area contributed by atoms with Crippen molar-refractivity contribution in [1.29, 1.82) is 0 Å². The summed E-state index contributed by atoms with van der Waals surface area (Å²) >= 11 is 0. The number of rotatable bonds is 8. The van der Waals surface area contributed by atoms with Gasteiger partial charge in [0.2, 0.25) is 0 Å². The molecule has 0 aromatic heterocycles. The summed E-state index contributed by atoms with van der Waals surface area (Å²) in [6.07, 6.45) is -16.9. The molecule has 0 aliphatic heterocycles. The molecule has 1 aliphatic carbocycles. The van der Waals surface area contributed by atoms with Crippen LogP contribution in [0.4, 0.5) is 39.5 Å². The molecule has 1 aliphatic rings. The smallest absolute Gasteiger partial charge is 0.457 e. The molecule has 1 fully saturated rings. The lowest BCUT2D eigenvalue weighted by Gasteiger charge is -2.36. The Morgan fingerprint density at radius 1 is 0.865 bits per heavy atom. The Kier molecular flexibility index (Phi) is 8.89. The van der Waals surface area contributed by atoms with E-state index in [1.165, 1.54) is 36.4 Å². The molecule has 206 valence electrons. The summed E-state index contributed by atoms with van der Waals surface area (Å²) in [5.74, 6) is -2.79. The average Bonchev–Trinajstić information content (AvgIpc) is 2.77. The molecule has 37 heavy (non-hydrogen) atoms. The van der Waals surface area contributed by atoms with Gasteiger partial charge >= 0.3 is 18.7 Å². The molecule has 13 heteroatoms. The van der Waals surface area contributed by atoms with Crippen LogP contribution in [-0.2, 0) is 0 Å². The summed E-state index contributed by atoms with van der Waals surface area (Å²) < 4.78 is 126. The Morgan fingerprint density at radius 2 is 1.49 bits per heavy atom. The van der Waals surface area contributed by atoms with Gasteiger partial charge in [0.1, 0.15) is 17.2 Å². The monoisotopic (exact) mass is 545 g/mol. The molecule has 1 saturated carbocycles. The molecule has 2 aromatic rings. The number of alkyl halides is 9. The third-order valence-corrected chi connectivity index (χ3v) is 6.05. The van der Waals surface area contributed by atoms with Gasteiger partial charge in [-0.1, -0.05) is 24.6 Å². The maximum Gasteiger partial charge on any atom is 0.573 e. The average molecular weight is 545 g/mol. The molecule has 0 bridgehead atoms. The van der Waals surface area contributed by atoms with Gasteiger partial charge in [0.15, 0.2) is 6.10 Å². The number of halogens is 9. The predicted molar refractivity (Wildman–Crippen MR) is 114 cm³/mol. The minimum atomic E-state index is -4.92. The van der Waals surface area contributed by atoms with Gasteiger partial charge in [-0.15, -0.1) is 13.2 Å². The molecular weight excluding hydrogens is 521 g/mol. The second kappa shape index (κ2) is 11.4. The topological polar surface area (TPSA) is 50.7 Å². The number of nitrogens with one attached hydrogen (secondary N) is 1. The zero-order valence-electron chi connectivity index (χ0n) is 19.1. The van der Waals surface area contributed by atoms with Crippen LogP contribution in [0.25, 0.3) is 0 Å². The second-order valence-corrected chi connectivity index (χ2v) is 8.81. The maximum absolute atomic E-state index is 13.4. The van der Waals surface area contributed by atoms with E-state index in [2.05, 4.69) is 10.1 Å². The largest absolute Gasteiger partial charge is 0.573 e. The Balaban J connectivity index is 1.84. The first-order valence-electron chi connectivity index (χ1n) is 11.3. The minimum Gasteiger partial charge on any atom is -0.457 e. The summed E-state index contributed by atoms with van der Waals surface area (Å²) in [5.41, 5.74) is 0.308. The summed E-state index contributed by atoms with van der Waals surface area (Å²) in [5, 5.41) is 12.0. The molecule has 4 unspecified atom stereocenters. The molecule has 0 radical (unpaired) electrons. The summed E-state index contributed by atoms with van der Waals surface area (Å²) in [4.78, 5) is 0. The third kappa shape index (κ3) is 8.70. The fourth-order valence-corrected chi connectivity index (χ4v) is 4.38. The van der Waals surface area contributed by atoms with Crippen LogP contribution in [0.5, 0.6) is 17.2 Å². The summed E-state index contributed by atoms with van der Waals surface area (Å²) in [7, 11) is 0. The van der Waals surface area contributed by atoms with Crippen molar-refractivity contribution in [2.24, 2.45) is 11.8 Å². The maximum atomic E-state index is 13.4. The quantitative estimate of drug-likeness (QED) is 0.342. The fourth-order valence-electron chi connectivity index (χ4n) is 4.38. The zero-order valence-corrected chi connectivity index (χ0v) is 19.1. The van der Waals surface area contributed by atoms with Gasteiger partial charge in [0.05, 0.1) is 5.92 Å². The number of aliphatic hydroxyl groups excluding tert-OH is 1. The number of ether oxygens (including phenoxy) is 2. The normalized spacial score (nSPS) is 20.8. The first-order valence-corrected chi connectivity index (χ1v) is 11.3. The van der Waals surface area contributed by atoms with Crippen LogP contribution in [-0.4, -0.2) is 36.5 Å². The van der Waals surface area contributed by atoms with E-state index in [0.29, 0.717) is 12.0 Å². The van der Waals surface area contributed by atoms with E-state index in [9.17, 15) is 44.6 Å². The second-order valence-electron chi connectivity index (χ2n) is 8.81. The molecule has 2 aromatic carbocycles. The predicted octanol–water partition coefficient (Wildman–Crippen LogP) is 7.30. The molecule has 4 nitrogen and oxygen atoms in total. The van der Waals surface area contributed by atoms with Crippen molar-refractivity contribution in [3.8, 4) is 17.2 Å². The molecule has 0 heterocycles. The highest BCUT2D eigenvalue weighted by atomic mass is 19.4. The first-order chi connectivity index (χ1) is 17.1. The lowest BCUT2D eigenvalue weighted by molar-refractivity contribution is -0.274. The standard InChI is InChI=1S/C24H24F9NO3/c25-22(26,27)16-6-1-4-14(10-16)21(34-13-20(35)23(28,29)30)15-5-2-7-17(11-15)36-18-8-3-9-19(12-18)37-24(31,32)33/h2-3,5,7-9,11-12,14,16,20-21,34-35H,1,4,6,10,13H2. The van der Waals surface area contributed by atoms with Gasteiger partial charge in [-0.3, -0.25) is 0 Å². The third-order valence-electron chi connectivity index (χ3n) is 6.05. The van der Waals surface area contributed by atoms with E-state index in [-0.39, 0.29) is 30.8 Å². The highest BCUT2D eigenvalue weighted by molar-refractivity contribution is 5.39. The SMILES string of the molecule is OC(CNC(c1cccc(Oc2cccc(OC(F)(F)F)c2)c1)C1CCCC(C(F)(F)F)C1)C(F)(F)F. The molecular formula is C24H24F9NO3. The van der Waals surface area contributed by atoms with Gasteiger partial charge in [-0.2, -0.15) is 26.3 Å². The van der Waals surface area contributed by atoms with E-state index in [0.717, 1.165) is 12.1 Å². The van der Waals surface area contributed by atoms with Crippen LogP contribution in [0, 0.1) is 11.8 Å². The lowest BCUT2D eigenvalue weighted by atomic mass is 9.75. The number of hydrogen-bond acceptors (Lipinski definition) is 4. The number of benzene rings is 2. The van der Waals surface area contributed by atoms with Gasteiger partial charge in [0, 0.05) is 18.7 Å². The van der Waals surface area contributed by atoms with E-state index in [1.54, 1.807) is 0 Å². The van der Waals surface area contributed by atoms with Gasteiger partial charge in [-0.25, -0.2) is 0 Å². The van der Waals surface area contributed by atoms with E-state index < -0.39 is 55.0 Å². The Bertz CT molecular complexity index is 1020. The van der Waals surface area contributed by atoms with E-state index in [4.69, 9.17) is 4.74 Å². The minimum absolute atomic E-state index is 0.0364. The molecule has 0 amide bonds. The number of aliphatic hydroxyl groups is 1. The van der Waals surface area contributed by atoms with Crippen molar-refractivity contribution in [3.05, 3.63) is 54.1 Å². The van der Waals surface area contributed by atoms with Crippen molar-refractivity contribution in [2.45, 2.75) is 56.5 Å². The van der Waals surface area contributed by atoms with Crippen molar-refractivity contribution in [3.63, 3.8) is 0 Å². The van der Waals surface area contributed by atoms with Gasteiger partial charge in [-0.05, 0) is 55.0 Å². The summed E-state index contributed by atoms with van der Waals surface area (Å²) in [6, 6.07) is 9.42. The molecule has 3 rings (SSSR count). The lowest BCUT2D eigenvalue weighted by Crippen LogP contribution is -2.42. The Morgan fingerprint density at radius 3 is 2.11 bits per heavy atom. The zero-order chi connectivity index (χ0) is 27.4. The number of hydrogen-bond donors (Lipinski definition) is 2. The van der Waals surface area contributed by atoms with Gasteiger partial charge < -0.3 is 19.9 Å². The molecule has 2 N–H and O–H groups in total. The summed E-state index contributed by atoms with van der Waals surface area (Å²) in [6.45, 7) is -0.941. The van der Waals surface area contributed by atoms with Crippen LogP contribution >= 0.6 is 0 Å². The Labute approximate surface area is 206 Å². The van der Waals surface area contributed by atoms with Crippen LogP contribution in [0.1, 0.15) is 37.3 Å². The molecule has 0 saturated heterocycles. The van der Waals surface area contributed by atoms with Crippen molar-refractivity contribution < 1.29 is 54.1 Å². The van der Waals surface area contributed by atoms with Crippen LogP contribution in [0.3, 0.4) is 0 Å². The van der Waals surface area contributed by atoms with Crippen LogP contribution in [0.2, 0.25) is 0 Å².